The molecule has 2 fully saturated rings. The SMILES string of the molecule is CC1(C)OB(c2cnc(S(=O)(=O)CCC[C@@H]3CCCCN3CCN)nc2)OC1(C)C. The van der Waals surface area contributed by atoms with Crippen LogP contribution in [0.25, 0.3) is 0 Å². The van der Waals surface area contributed by atoms with E-state index in [2.05, 4.69) is 14.9 Å². The highest BCUT2D eigenvalue weighted by atomic mass is 32.2. The Bertz CT molecular complexity index is 799. The van der Waals surface area contributed by atoms with Gasteiger partial charge in [0.1, 0.15) is 0 Å². The highest BCUT2D eigenvalue weighted by Crippen LogP contribution is 2.36. The number of sulfone groups is 1. The molecule has 0 bridgehead atoms. The normalized spacial score (nSPS) is 24.3. The van der Waals surface area contributed by atoms with Crippen molar-refractivity contribution < 1.29 is 17.7 Å². The summed E-state index contributed by atoms with van der Waals surface area (Å²) in [7, 11) is -4.13. The molecule has 2 aliphatic rings. The molecule has 0 radical (unpaired) electrons. The smallest absolute Gasteiger partial charge is 0.399 e. The first kappa shape index (κ1) is 23.6. The molecule has 0 spiro atoms. The van der Waals surface area contributed by atoms with Crippen LogP contribution in [0.5, 0.6) is 0 Å². The molecular weight excluding hydrogens is 403 g/mol. The largest absolute Gasteiger partial charge is 0.498 e. The predicted octanol–water partition coefficient (Wildman–Crippen LogP) is 1.14. The molecule has 1 aromatic heterocycles. The van der Waals surface area contributed by atoms with Gasteiger partial charge in [-0.05, 0) is 59.9 Å². The fourth-order valence-corrected chi connectivity index (χ4v) is 5.19. The molecule has 1 atom stereocenters. The molecule has 0 saturated carbocycles. The molecule has 8 nitrogen and oxygen atoms in total. The number of aromatic nitrogens is 2. The average molecular weight is 438 g/mol. The lowest BCUT2D eigenvalue weighted by molar-refractivity contribution is 0.00578. The second-order valence-corrected chi connectivity index (χ2v) is 11.3. The van der Waals surface area contributed by atoms with Gasteiger partial charge in [0.15, 0.2) is 0 Å². The summed E-state index contributed by atoms with van der Waals surface area (Å²) in [6.45, 7) is 10.4. The van der Waals surface area contributed by atoms with Crippen molar-refractivity contribution in [2.75, 3.05) is 25.4 Å². The number of likely N-dealkylation sites (tertiary alicyclic amines) is 1. The third-order valence-corrected chi connectivity index (χ3v) is 8.16. The molecule has 0 aromatic carbocycles. The molecule has 3 heterocycles. The Morgan fingerprint density at radius 2 is 1.80 bits per heavy atom. The van der Waals surface area contributed by atoms with Crippen molar-refractivity contribution in [2.45, 2.75) is 82.2 Å². The van der Waals surface area contributed by atoms with Crippen LogP contribution in [0.1, 0.15) is 59.8 Å². The predicted molar refractivity (Wildman–Crippen MR) is 117 cm³/mol. The zero-order valence-electron chi connectivity index (χ0n) is 18.6. The second kappa shape index (κ2) is 9.20. The minimum Gasteiger partial charge on any atom is -0.399 e. The summed E-state index contributed by atoms with van der Waals surface area (Å²) in [4.78, 5) is 10.6. The zero-order valence-corrected chi connectivity index (χ0v) is 19.5. The third kappa shape index (κ3) is 5.22. The topological polar surface area (TPSA) is 108 Å². The van der Waals surface area contributed by atoms with Crippen molar-refractivity contribution >= 4 is 22.4 Å². The van der Waals surface area contributed by atoms with Crippen LogP contribution in [-0.2, 0) is 19.1 Å². The summed E-state index contributed by atoms with van der Waals surface area (Å²) in [6, 6.07) is 0.421. The van der Waals surface area contributed by atoms with E-state index in [1.165, 1.54) is 25.2 Å². The zero-order chi connectivity index (χ0) is 22.0. The standard InChI is InChI=1S/C20H35BN4O4S/c1-19(2)20(3,4)29-21(28-19)16-14-23-18(24-15-16)30(26,27)13-7-9-17-8-5-6-11-25(17)12-10-22/h14-15,17H,5-13,22H2,1-4H3/t17-/m0/s1. The average Bonchev–Trinajstić information content (AvgIpc) is 2.91. The van der Waals surface area contributed by atoms with Crippen LogP contribution < -0.4 is 11.2 Å². The van der Waals surface area contributed by atoms with E-state index in [1.807, 2.05) is 27.7 Å². The fraction of sp³-hybridized carbons (Fsp3) is 0.800. The molecule has 1 aromatic rings. The van der Waals surface area contributed by atoms with Crippen molar-refractivity contribution in [1.82, 2.24) is 14.9 Å². The Morgan fingerprint density at radius 1 is 1.17 bits per heavy atom. The summed E-state index contributed by atoms with van der Waals surface area (Å²) in [5.41, 5.74) is 5.38. The van der Waals surface area contributed by atoms with E-state index < -0.39 is 28.2 Å². The second-order valence-electron chi connectivity index (χ2n) is 9.32. The van der Waals surface area contributed by atoms with Crippen molar-refractivity contribution in [1.29, 1.82) is 0 Å². The molecule has 2 aliphatic heterocycles. The van der Waals surface area contributed by atoms with Crippen LogP contribution in [0, 0.1) is 0 Å². The monoisotopic (exact) mass is 438 g/mol. The number of piperidine rings is 1. The van der Waals surface area contributed by atoms with Gasteiger partial charge in [-0.3, -0.25) is 4.90 Å². The van der Waals surface area contributed by atoms with Crippen molar-refractivity contribution in [3.63, 3.8) is 0 Å². The van der Waals surface area contributed by atoms with Crippen molar-refractivity contribution in [3.8, 4) is 0 Å². The lowest BCUT2D eigenvalue weighted by Gasteiger charge is -2.35. The van der Waals surface area contributed by atoms with Gasteiger partial charge < -0.3 is 15.0 Å². The fourth-order valence-electron chi connectivity index (χ4n) is 4.04. The maximum Gasteiger partial charge on any atom is 0.498 e. The number of nitrogens with zero attached hydrogens (tertiary/aromatic N) is 3. The minimum absolute atomic E-state index is 0.0514. The van der Waals surface area contributed by atoms with E-state index >= 15 is 0 Å². The van der Waals surface area contributed by atoms with E-state index in [1.54, 1.807) is 0 Å². The number of rotatable bonds is 8. The van der Waals surface area contributed by atoms with Crippen LogP contribution in [-0.4, -0.2) is 73.0 Å². The van der Waals surface area contributed by atoms with Crippen LogP contribution in [0.15, 0.2) is 17.6 Å². The molecule has 10 heteroatoms. The Balaban J connectivity index is 1.58. The van der Waals surface area contributed by atoms with Crippen molar-refractivity contribution in [3.05, 3.63) is 12.4 Å². The van der Waals surface area contributed by atoms with Crippen LogP contribution in [0.2, 0.25) is 0 Å². The first-order chi connectivity index (χ1) is 14.1. The van der Waals surface area contributed by atoms with Crippen molar-refractivity contribution in [2.24, 2.45) is 5.73 Å². The van der Waals surface area contributed by atoms with E-state index in [4.69, 9.17) is 15.0 Å². The number of nitrogens with two attached hydrogens (primary N) is 1. The summed E-state index contributed by atoms with van der Waals surface area (Å²) < 4.78 is 37.3. The van der Waals surface area contributed by atoms with E-state index in [0.29, 0.717) is 24.5 Å². The highest BCUT2D eigenvalue weighted by Gasteiger charge is 2.52. The molecule has 3 rings (SSSR count). The van der Waals surface area contributed by atoms with Gasteiger partial charge in [0.05, 0.1) is 17.0 Å². The van der Waals surface area contributed by atoms with Crippen LogP contribution >= 0.6 is 0 Å². The quantitative estimate of drug-likeness (QED) is 0.476. The Kier molecular flexibility index (Phi) is 7.24. The maximum absolute atomic E-state index is 12.7. The Labute approximate surface area is 181 Å². The Hall–Kier alpha value is -1.07. The third-order valence-electron chi connectivity index (χ3n) is 6.57. The molecule has 0 aliphatic carbocycles. The lowest BCUT2D eigenvalue weighted by Crippen LogP contribution is -2.42. The van der Waals surface area contributed by atoms with Gasteiger partial charge in [0.25, 0.3) is 0 Å². The number of hydrogen-bond donors (Lipinski definition) is 1. The maximum atomic E-state index is 12.7. The van der Waals surface area contributed by atoms with Gasteiger partial charge in [-0.15, -0.1) is 0 Å². The van der Waals surface area contributed by atoms with Gasteiger partial charge in [-0.25, -0.2) is 18.4 Å². The van der Waals surface area contributed by atoms with E-state index in [0.717, 1.165) is 25.9 Å². The van der Waals surface area contributed by atoms with Gasteiger partial charge in [-0.1, -0.05) is 6.42 Å². The minimum atomic E-state index is -3.52. The van der Waals surface area contributed by atoms with Gasteiger partial charge >= 0.3 is 7.12 Å². The molecule has 2 saturated heterocycles. The molecule has 168 valence electrons. The molecular formula is C20H35BN4O4S. The lowest BCUT2D eigenvalue weighted by atomic mass is 9.81. The van der Waals surface area contributed by atoms with E-state index in [-0.39, 0.29) is 10.9 Å². The van der Waals surface area contributed by atoms with Gasteiger partial charge in [0, 0.05) is 37.0 Å². The first-order valence-electron chi connectivity index (χ1n) is 10.9. The highest BCUT2D eigenvalue weighted by molar-refractivity contribution is 7.91. The summed E-state index contributed by atoms with van der Waals surface area (Å²) in [6.07, 6.45) is 7.93. The molecule has 0 unspecified atom stereocenters. The molecule has 0 amide bonds. The Morgan fingerprint density at radius 3 is 2.40 bits per heavy atom. The van der Waals surface area contributed by atoms with Gasteiger partial charge in [0.2, 0.25) is 15.0 Å². The van der Waals surface area contributed by atoms with Gasteiger partial charge in [-0.2, -0.15) is 0 Å². The summed E-state index contributed by atoms with van der Waals surface area (Å²) in [5, 5.41) is -0.134. The molecule has 30 heavy (non-hydrogen) atoms. The summed E-state index contributed by atoms with van der Waals surface area (Å²) in [5.74, 6) is 0.0514. The molecule has 2 N–H and O–H groups in total. The summed E-state index contributed by atoms with van der Waals surface area (Å²) >= 11 is 0. The van der Waals surface area contributed by atoms with Crippen LogP contribution in [0.3, 0.4) is 0 Å². The number of hydrogen-bond acceptors (Lipinski definition) is 8. The first-order valence-corrected chi connectivity index (χ1v) is 12.6. The van der Waals surface area contributed by atoms with E-state index in [9.17, 15) is 8.42 Å². The van der Waals surface area contributed by atoms with Crippen LogP contribution in [0.4, 0.5) is 0 Å².